The quantitative estimate of drug-likeness (QED) is 0.353. The molecule has 1 aliphatic carbocycles. The second kappa shape index (κ2) is 11.8. The maximum atomic E-state index is 14.1. The lowest BCUT2D eigenvalue weighted by Gasteiger charge is -2.49. The molecule has 234 valence electrons. The molecule has 1 saturated carbocycles. The minimum atomic E-state index is -4.51. The molecule has 0 bridgehead atoms. The van der Waals surface area contributed by atoms with Crippen molar-refractivity contribution in [2.75, 3.05) is 13.1 Å². The summed E-state index contributed by atoms with van der Waals surface area (Å²) in [5, 5.41) is 3.33. The molecular weight excluding hydrogens is 584 g/mol. The van der Waals surface area contributed by atoms with Gasteiger partial charge in [0.25, 0.3) is 0 Å². The second-order valence-corrected chi connectivity index (χ2v) is 14.3. The lowest BCUT2D eigenvalue weighted by molar-refractivity contribution is -0.137. The summed E-state index contributed by atoms with van der Waals surface area (Å²) in [6.07, 6.45) is 1.25. The van der Waals surface area contributed by atoms with Crippen LogP contribution in [0.15, 0.2) is 58.4 Å². The molecule has 2 heterocycles. The van der Waals surface area contributed by atoms with Crippen LogP contribution in [-0.2, 0) is 27.5 Å². The van der Waals surface area contributed by atoms with Crippen LogP contribution in [0.3, 0.4) is 0 Å². The Bertz CT molecular complexity index is 1450. The van der Waals surface area contributed by atoms with Crippen molar-refractivity contribution in [2.45, 2.75) is 100.0 Å². The molecule has 1 amide bonds. The Morgan fingerprint density at radius 3 is 2.19 bits per heavy atom. The van der Waals surface area contributed by atoms with Crippen LogP contribution in [0.5, 0.6) is 0 Å². The third kappa shape index (κ3) is 6.60. The Hall–Kier alpha value is -2.99. The number of piperidine rings is 1. The fourth-order valence-corrected chi connectivity index (χ4v) is 8.18. The number of carbonyl (C=O) groups is 1. The number of nitrogens with one attached hydrogen (secondary N) is 1. The average Bonchev–Trinajstić information content (AvgIpc) is 3.25. The van der Waals surface area contributed by atoms with Gasteiger partial charge < -0.3 is 10.2 Å². The lowest BCUT2D eigenvalue weighted by atomic mass is 9.73. The lowest BCUT2D eigenvalue weighted by Crippen LogP contribution is -2.56. The number of alkyl halides is 3. The third-order valence-corrected chi connectivity index (χ3v) is 11.0. The smallest absolute Gasteiger partial charge is 0.360 e. The highest BCUT2D eigenvalue weighted by Gasteiger charge is 2.49. The highest BCUT2D eigenvalue weighted by Crippen LogP contribution is 2.45. The van der Waals surface area contributed by atoms with Gasteiger partial charge in [0, 0.05) is 31.6 Å². The average molecular weight is 623 g/mol. The molecule has 12 heteroatoms. The van der Waals surface area contributed by atoms with Crippen LogP contribution >= 0.6 is 0 Å². The first-order valence-electron chi connectivity index (χ1n) is 14.8. The van der Waals surface area contributed by atoms with Crippen LogP contribution in [-0.4, -0.2) is 59.6 Å². The van der Waals surface area contributed by atoms with Gasteiger partial charge in [-0.2, -0.15) is 17.5 Å². The molecule has 1 unspecified atom stereocenters. The highest BCUT2D eigenvalue weighted by molar-refractivity contribution is 7.89. The van der Waals surface area contributed by atoms with Crippen LogP contribution in [0.4, 0.5) is 17.6 Å². The molecule has 0 spiro atoms. The number of likely N-dealkylation sites (tertiary alicyclic amines) is 1. The van der Waals surface area contributed by atoms with Crippen LogP contribution < -0.4 is 5.32 Å². The Balaban J connectivity index is 1.39. The molecule has 5 rings (SSSR count). The van der Waals surface area contributed by atoms with Crippen molar-refractivity contribution in [1.82, 2.24) is 14.5 Å². The molecular formula is C31H38F4N4O3S. The summed E-state index contributed by atoms with van der Waals surface area (Å²) in [6.45, 7) is 5.14. The van der Waals surface area contributed by atoms with Gasteiger partial charge >= 0.3 is 6.18 Å². The van der Waals surface area contributed by atoms with Gasteiger partial charge in [-0.05, 0) is 101 Å². The summed E-state index contributed by atoms with van der Waals surface area (Å²) < 4.78 is 82.7. The Morgan fingerprint density at radius 2 is 1.63 bits per heavy atom. The first kappa shape index (κ1) is 31.4. The number of hydrogen-bond acceptors (Lipinski definition) is 5. The van der Waals surface area contributed by atoms with E-state index in [2.05, 4.69) is 5.32 Å². The predicted molar refractivity (Wildman–Crippen MR) is 155 cm³/mol. The van der Waals surface area contributed by atoms with E-state index < -0.39 is 44.7 Å². The zero-order valence-corrected chi connectivity index (χ0v) is 25.3. The topological polar surface area (TPSA) is 82.1 Å². The van der Waals surface area contributed by atoms with Crippen molar-refractivity contribution in [3.05, 3.63) is 65.5 Å². The third-order valence-electron chi connectivity index (χ3n) is 9.00. The first-order chi connectivity index (χ1) is 20.2. The number of amidine groups is 1. The molecule has 43 heavy (non-hydrogen) atoms. The molecule has 2 aromatic rings. The van der Waals surface area contributed by atoms with Crippen molar-refractivity contribution in [2.24, 2.45) is 4.99 Å². The zero-order chi connectivity index (χ0) is 31.0. The normalized spacial score (nSPS) is 21.7. The van der Waals surface area contributed by atoms with E-state index in [4.69, 9.17) is 4.99 Å². The fourth-order valence-electron chi connectivity index (χ4n) is 6.34. The molecule has 3 aliphatic rings. The zero-order valence-electron chi connectivity index (χ0n) is 24.5. The number of rotatable bonds is 9. The van der Waals surface area contributed by atoms with Crippen molar-refractivity contribution < 1.29 is 30.8 Å². The second-order valence-electron chi connectivity index (χ2n) is 12.4. The summed E-state index contributed by atoms with van der Waals surface area (Å²) in [5.74, 6) is 0.0816. The van der Waals surface area contributed by atoms with E-state index in [9.17, 15) is 30.8 Å². The summed E-state index contributed by atoms with van der Waals surface area (Å²) in [4.78, 5) is 20.0. The van der Waals surface area contributed by atoms with Crippen molar-refractivity contribution >= 4 is 21.8 Å². The number of amides is 1. The largest absolute Gasteiger partial charge is 0.416 e. The van der Waals surface area contributed by atoms with E-state index in [1.807, 2.05) is 18.7 Å². The molecule has 1 N–H and O–H groups in total. The summed E-state index contributed by atoms with van der Waals surface area (Å²) >= 11 is 0. The number of halogens is 4. The number of aliphatic imine (C=N–C) groups is 1. The van der Waals surface area contributed by atoms with Gasteiger partial charge in [-0.15, -0.1) is 0 Å². The minimum absolute atomic E-state index is 0.0182. The molecule has 1 saturated heterocycles. The highest BCUT2D eigenvalue weighted by atomic mass is 32.2. The Morgan fingerprint density at radius 1 is 1.00 bits per heavy atom. The standard InChI is InChI=1S/C31H38F4N4O3S/c1-29(2)27(28(40)38-19-4-3-5-20-38)36-26(37-29)15-18-30(16-6-17-30)39(43(41,42)25-13-11-24(32)12-14-25)21-22-7-9-23(10-8-22)31(33,34)35/h7-14,27H,3-6,15-21H2,1-2H3,(H,36,37). The first-order valence-corrected chi connectivity index (χ1v) is 16.2. The minimum Gasteiger partial charge on any atom is -0.360 e. The van der Waals surface area contributed by atoms with Gasteiger partial charge in [0.05, 0.1) is 21.8 Å². The van der Waals surface area contributed by atoms with E-state index in [0.717, 1.165) is 63.0 Å². The molecule has 2 aliphatic heterocycles. The number of benzene rings is 2. The molecule has 7 nitrogen and oxygen atoms in total. The SMILES string of the molecule is CC1(C)N=C(CCC2(N(Cc3ccc(C(F)(F)F)cc3)S(=O)(=O)c3ccc(F)cc3)CCC2)NC1C(=O)N1CCCCC1. The van der Waals surface area contributed by atoms with Crippen LogP contribution in [0.2, 0.25) is 0 Å². The van der Waals surface area contributed by atoms with Crippen LogP contribution in [0.25, 0.3) is 0 Å². The Kier molecular flexibility index (Phi) is 8.65. The summed E-state index contributed by atoms with van der Waals surface area (Å²) in [7, 11) is -4.16. The Labute approximate surface area is 250 Å². The molecule has 2 fully saturated rings. The maximum absolute atomic E-state index is 14.1. The predicted octanol–water partition coefficient (Wildman–Crippen LogP) is 5.90. The van der Waals surface area contributed by atoms with Crippen molar-refractivity contribution in [3.63, 3.8) is 0 Å². The monoisotopic (exact) mass is 622 g/mol. The maximum Gasteiger partial charge on any atom is 0.416 e. The van der Waals surface area contributed by atoms with E-state index in [-0.39, 0.29) is 17.3 Å². The summed E-state index contributed by atoms with van der Waals surface area (Å²) in [5.41, 5.74) is -1.89. The molecule has 0 aromatic heterocycles. The van der Waals surface area contributed by atoms with Gasteiger partial charge in [-0.25, -0.2) is 12.8 Å². The number of carbonyl (C=O) groups excluding carboxylic acids is 1. The summed E-state index contributed by atoms with van der Waals surface area (Å²) in [6, 6.07) is 8.55. The van der Waals surface area contributed by atoms with E-state index in [1.54, 1.807) is 0 Å². The number of sulfonamides is 1. The van der Waals surface area contributed by atoms with Gasteiger partial charge in [0.1, 0.15) is 11.9 Å². The number of hydrogen-bond donors (Lipinski definition) is 1. The molecule has 2 aromatic carbocycles. The van der Waals surface area contributed by atoms with Gasteiger partial charge in [-0.1, -0.05) is 12.1 Å². The fraction of sp³-hybridized carbons (Fsp3) is 0.548. The molecule has 0 radical (unpaired) electrons. The van der Waals surface area contributed by atoms with Crippen LogP contribution in [0, 0.1) is 5.82 Å². The van der Waals surface area contributed by atoms with E-state index in [1.165, 1.54) is 28.6 Å². The molecule has 1 atom stereocenters. The van der Waals surface area contributed by atoms with Crippen molar-refractivity contribution in [1.29, 1.82) is 0 Å². The van der Waals surface area contributed by atoms with E-state index >= 15 is 0 Å². The van der Waals surface area contributed by atoms with Gasteiger partial charge in [0.15, 0.2) is 0 Å². The van der Waals surface area contributed by atoms with E-state index in [0.29, 0.717) is 37.1 Å². The van der Waals surface area contributed by atoms with Crippen molar-refractivity contribution in [3.8, 4) is 0 Å². The van der Waals surface area contributed by atoms with Crippen LogP contribution in [0.1, 0.15) is 76.3 Å². The number of nitrogens with zero attached hydrogens (tertiary/aromatic N) is 3. The van der Waals surface area contributed by atoms with Gasteiger partial charge in [0.2, 0.25) is 15.9 Å². The van der Waals surface area contributed by atoms with Gasteiger partial charge in [-0.3, -0.25) is 9.79 Å².